The average molecular weight is 849 g/mol. The number of anilines is 2. The molecule has 314 valence electrons. The van der Waals surface area contributed by atoms with Crippen LogP contribution in [-0.2, 0) is 21.7 Å². The first-order chi connectivity index (χ1) is 30.4. The van der Waals surface area contributed by atoms with E-state index in [1.54, 1.807) is 0 Å². The van der Waals surface area contributed by atoms with E-state index in [0.29, 0.717) is 0 Å². The highest BCUT2D eigenvalue weighted by Gasteiger charge is 2.51. The Hall–Kier alpha value is -6.04. The van der Waals surface area contributed by atoms with Gasteiger partial charge in [-0.3, -0.25) is 0 Å². The monoisotopic (exact) mass is 848 g/mol. The van der Waals surface area contributed by atoms with Crippen LogP contribution in [0.3, 0.4) is 0 Å². The summed E-state index contributed by atoms with van der Waals surface area (Å²) in [6.07, 6.45) is 0. The largest absolute Gasteiger partial charge is 0.456 e. The second kappa shape index (κ2) is 12.2. The lowest BCUT2D eigenvalue weighted by Crippen LogP contribution is -2.59. The van der Waals surface area contributed by atoms with Gasteiger partial charge in [0.1, 0.15) is 11.2 Å². The van der Waals surface area contributed by atoms with Crippen molar-refractivity contribution in [3.8, 4) is 27.9 Å². The van der Waals surface area contributed by atoms with Gasteiger partial charge in [0.15, 0.2) is 0 Å². The first-order valence-electron chi connectivity index (χ1n) is 23.1. The summed E-state index contributed by atoms with van der Waals surface area (Å²) in [6.45, 7) is 25.9. The van der Waals surface area contributed by atoms with Crippen molar-refractivity contribution in [2.24, 2.45) is 0 Å². The molecule has 0 radical (unpaired) electrons. The summed E-state index contributed by atoms with van der Waals surface area (Å²) in [5.74, 6) is 0. The van der Waals surface area contributed by atoms with Gasteiger partial charge in [0.05, 0.1) is 16.7 Å². The van der Waals surface area contributed by atoms with Gasteiger partial charge in [-0.25, -0.2) is 0 Å². The molecule has 10 aromatic rings. The molecule has 0 spiro atoms. The van der Waals surface area contributed by atoms with Crippen LogP contribution in [0.1, 0.15) is 104 Å². The SMILES string of the molecule is CC(C)(C)c1ccc(N2B3c4sc5ccc(C(C)(C)C)cc5c4-n4c5ccc(C(C)(C)C)cc5c5c6c(c(c3c54)-c3cc4c(cc32)oc2ccccc24)-c2ccccc2C6(C)C)cc1. The van der Waals surface area contributed by atoms with E-state index in [-0.39, 0.29) is 28.5 Å². The van der Waals surface area contributed by atoms with E-state index in [0.717, 1.165) is 21.9 Å². The predicted molar refractivity (Wildman–Crippen MR) is 276 cm³/mol. The van der Waals surface area contributed by atoms with Crippen LogP contribution < -0.4 is 15.1 Å². The molecule has 2 aliphatic heterocycles. The van der Waals surface area contributed by atoms with Gasteiger partial charge in [0.2, 0.25) is 0 Å². The number of nitrogens with zero attached hydrogens (tertiary/aromatic N) is 2. The molecule has 3 aliphatic rings. The van der Waals surface area contributed by atoms with Crippen LogP contribution >= 0.6 is 11.3 Å². The van der Waals surface area contributed by atoms with Crippen LogP contribution in [0.2, 0.25) is 0 Å². The molecule has 64 heavy (non-hydrogen) atoms. The molecule has 3 nitrogen and oxygen atoms in total. The summed E-state index contributed by atoms with van der Waals surface area (Å²) in [5.41, 5.74) is 21.6. The number of furan rings is 1. The highest BCUT2D eigenvalue weighted by molar-refractivity contribution is 7.32. The van der Waals surface area contributed by atoms with Crippen LogP contribution in [0.5, 0.6) is 0 Å². The van der Waals surface area contributed by atoms with E-state index in [9.17, 15) is 0 Å². The number of thiophene rings is 1. The molecule has 7 aromatic carbocycles. The van der Waals surface area contributed by atoms with Crippen molar-refractivity contribution in [1.29, 1.82) is 0 Å². The maximum atomic E-state index is 6.80. The molecule has 13 rings (SSSR count). The minimum absolute atomic E-state index is 0.00235. The lowest BCUT2D eigenvalue weighted by molar-refractivity contribution is 0.590. The highest BCUT2D eigenvalue weighted by atomic mass is 32.1. The summed E-state index contributed by atoms with van der Waals surface area (Å²) in [7, 11) is 0. The molecule has 3 aromatic heterocycles. The van der Waals surface area contributed by atoms with E-state index in [1.165, 1.54) is 109 Å². The third-order valence-electron chi connectivity index (χ3n) is 15.2. The van der Waals surface area contributed by atoms with Crippen molar-refractivity contribution in [3.63, 3.8) is 0 Å². The Morgan fingerprint density at radius 2 is 1.23 bits per heavy atom. The van der Waals surface area contributed by atoms with Crippen molar-refractivity contribution >= 4 is 93.6 Å². The summed E-state index contributed by atoms with van der Waals surface area (Å²) in [6, 6.07) is 46.9. The molecule has 0 bridgehead atoms. The maximum Gasteiger partial charge on any atom is 0.343 e. The van der Waals surface area contributed by atoms with Crippen molar-refractivity contribution in [3.05, 3.63) is 149 Å². The summed E-state index contributed by atoms with van der Waals surface area (Å²) >= 11 is 1.98. The Morgan fingerprint density at radius 3 is 1.97 bits per heavy atom. The maximum absolute atomic E-state index is 6.80. The Balaban J connectivity index is 1.29. The smallest absolute Gasteiger partial charge is 0.343 e. The fourth-order valence-corrected chi connectivity index (χ4v) is 13.2. The van der Waals surface area contributed by atoms with Crippen LogP contribution in [0.4, 0.5) is 11.4 Å². The van der Waals surface area contributed by atoms with Crippen molar-refractivity contribution in [2.75, 3.05) is 4.81 Å². The highest BCUT2D eigenvalue weighted by Crippen LogP contribution is 2.60. The third-order valence-corrected chi connectivity index (χ3v) is 16.4. The van der Waals surface area contributed by atoms with Gasteiger partial charge >= 0.3 is 6.85 Å². The summed E-state index contributed by atoms with van der Waals surface area (Å²) < 4.78 is 12.2. The molecule has 5 heterocycles. The first-order valence-corrected chi connectivity index (χ1v) is 23.9. The number of fused-ring (bicyclic) bond motifs is 18. The molecule has 0 unspecified atom stereocenters. The molecule has 5 heteroatoms. The zero-order valence-electron chi connectivity index (χ0n) is 38.8. The summed E-state index contributed by atoms with van der Waals surface area (Å²) in [4.78, 5) is 2.69. The Morgan fingerprint density at radius 1 is 0.578 bits per heavy atom. The molecular weight excluding hydrogens is 796 g/mol. The van der Waals surface area contributed by atoms with E-state index < -0.39 is 0 Å². The Bertz CT molecular complexity index is 3700. The Labute approximate surface area is 380 Å². The number of aromatic nitrogens is 1. The fourth-order valence-electron chi connectivity index (χ4n) is 11.9. The van der Waals surface area contributed by atoms with Crippen molar-refractivity contribution in [2.45, 2.75) is 97.8 Å². The zero-order chi connectivity index (χ0) is 44.1. The van der Waals surface area contributed by atoms with E-state index >= 15 is 0 Å². The standard InChI is InChI=1S/C59H53BN2OS/c1-56(2,3)32-20-24-35(25-21-32)62-44-31-46-38(36-16-13-15-19-45(36)63-46)30-40(44)49-48-37-17-12-14-18-42(37)59(10,11)51(48)50-39-28-33(57(4,5)6)22-26-43(39)61-53-41-29-34(58(7,8)9)23-27-47(41)64-55(53)60(62)52(49)54(50)61/h12-31H,1-11H3. The molecule has 0 fully saturated rings. The van der Waals surface area contributed by atoms with Crippen LogP contribution in [0.15, 0.2) is 126 Å². The zero-order valence-corrected chi connectivity index (χ0v) is 39.7. The quantitative estimate of drug-likeness (QED) is 0.154. The van der Waals surface area contributed by atoms with E-state index in [4.69, 9.17) is 4.42 Å². The first kappa shape index (κ1) is 38.4. The number of benzene rings is 7. The van der Waals surface area contributed by atoms with Crippen molar-refractivity contribution < 1.29 is 4.42 Å². The van der Waals surface area contributed by atoms with Gasteiger partial charge in [-0.05, 0) is 115 Å². The van der Waals surface area contributed by atoms with Gasteiger partial charge in [-0.2, -0.15) is 0 Å². The lowest BCUT2D eigenvalue weighted by atomic mass is 9.46. The van der Waals surface area contributed by atoms with Crippen LogP contribution in [0.25, 0.3) is 81.8 Å². The second-order valence-corrected chi connectivity index (χ2v) is 23.6. The molecule has 0 amide bonds. The van der Waals surface area contributed by atoms with Gasteiger partial charge in [0, 0.05) is 64.8 Å². The summed E-state index contributed by atoms with van der Waals surface area (Å²) in [5, 5.41) is 6.40. The third kappa shape index (κ3) is 4.89. The average Bonchev–Trinajstić information content (AvgIpc) is 3.97. The topological polar surface area (TPSA) is 21.3 Å². The Kier molecular flexibility index (Phi) is 7.32. The molecule has 0 saturated heterocycles. The number of hydrogen-bond acceptors (Lipinski definition) is 3. The number of rotatable bonds is 1. The normalized spacial score (nSPS) is 15.2. The minimum Gasteiger partial charge on any atom is -0.456 e. The second-order valence-electron chi connectivity index (χ2n) is 22.6. The predicted octanol–water partition coefficient (Wildman–Crippen LogP) is 15.3. The van der Waals surface area contributed by atoms with Gasteiger partial charge in [-0.15, -0.1) is 11.3 Å². The van der Waals surface area contributed by atoms with Crippen LogP contribution in [-0.4, -0.2) is 11.4 Å². The fraction of sp³-hybridized carbons (Fsp3) is 0.254. The van der Waals surface area contributed by atoms with Gasteiger partial charge in [0.25, 0.3) is 0 Å². The van der Waals surface area contributed by atoms with E-state index in [1.807, 2.05) is 11.3 Å². The minimum atomic E-state index is -0.254. The van der Waals surface area contributed by atoms with E-state index in [2.05, 4.69) is 207 Å². The van der Waals surface area contributed by atoms with Crippen LogP contribution in [0, 0.1) is 0 Å². The lowest BCUT2D eigenvalue weighted by Gasteiger charge is -2.42. The number of para-hydroxylation sites is 1. The van der Waals surface area contributed by atoms with Gasteiger partial charge in [-0.1, -0.05) is 143 Å². The molecule has 1 aliphatic carbocycles. The molecule has 0 saturated carbocycles. The van der Waals surface area contributed by atoms with Gasteiger partial charge < -0.3 is 13.8 Å². The number of hydrogen-bond donors (Lipinski definition) is 0. The molecule has 0 N–H and O–H groups in total. The molecular formula is C59H53BN2OS. The molecule has 0 atom stereocenters. The van der Waals surface area contributed by atoms with Crippen molar-refractivity contribution in [1.82, 2.24) is 4.57 Å².